The number of alkyl halides is 3. The van der Waals surface area contributed by atoms with Crippen LogP contribution < -0.4 is 0 Å². The van der Waals surface area contributed by atoms with Crippen LogP contribution in [0.1, 0.15) is 21.7 Å². The van der Waals surface area contributed by atoms with Crippen molar-refractivity contribution in [3.05, 3.63) is 41.4 Å². The van der Waals surface area contributed by atoms with Crippen molar-refractivity contribution in [1.29, 1.82) is 0 Å². The molecule has 3 aromatic rings. The van der Waals surface area contributed by atoms with E-state index in [-0.39, 0.29) is 33.9 Å². The maximum atomic E-state index is 12.7. The Morgan fingerprint density at radius 1 is 1.31 bits per heavy atom. The van der Waals surface area contributed by atoms with Crippen molar-refractivity contribution in [3.8, 4) is 11.7 Å². The summed E-state index contributed by atoms with van der Waals surface area (Å²) in [5, 5.41) is 7.80. The van der Waals surface area contributed by atoms with Crippen LogP contribution in [0.4, 0.5) is 13.2 Å². The van der Waals surface area contributed by atoms with Gasteiger partial charge in [-0.25, -0.2) is 0 Å². The number of hydrogen-bond acceptors (Lipinski definition) is 6. The van der Waals surface area contributed by atoms with Crippen LogP contribution in [-0.2, 0) is 6.54 Å². The first kappa shape index (κ1) is 18.3. The van der Waals surface area contributed by atoms with Gasteiger partial charge in [0.25, 0.3) is 11.1 Å². The summed E-state index contributed by atoms with van der Waals surface area (Å²) in [5.74, 6) is 0.254. The standard InChI is InChI=1S/C16H14F3N3O3S/c1-9-6-11(10(2)22(9)8-16(17,18)19)12(23)7-26-15-21-20-14(25-15)13-4-3-5-24-13/h3-6H,7-8H2,1-2H3. The fourth-order valence-electron chi connectivity index (χ4n) is 2.48. The van der Waals surface area contributed by atoms with E-state index in [1.165, 1.54) is 26.2 Å². The number of carbonyl (C=O) groups is 1. The Morgan fingerprint density at radius 3 is 2.73 bits per heavy atom. The maximum Gasteiger partial charge on any atom is 0.406 e. The number of Topliss-reactive ketones (excluding diaryl/α,β-unsaturated/α-hetero) is 1. The van der Waals surface area contributed by atoms with Gasteiger partial charge < -0.3 is 13.4 Å². The van der Waals surface area contributed by atoms with E-state index in [2.05, 4.69) is 10.2 Å². The van der Waals surface area contributed by atoms with Crippen molar-refractivity contribution < 1.29 is 26.8 Å². The van der Waals surface area contributed by atoms with Crippen molar-refractivity contribution >= 4 is 17.5 Å². The number of aromatic nitrogens is 3. The Labute approximate surface area is 150 Å². The smallest absolute Gasteiger partial charge is 0.406 e. The second-order valence-corrected chi connectivity index (χ2v) is 6.47. The quantitative estimate of drug-likeness (QED) is 0.466. The van der Waals surface area contributed by atoms with Gasteiger partial charge in [-0.3, -0.25) is 4.79 Å². The third-order valence-electron chi connectivity index (χ3n) is 3.68. The first-order chi connectivity index (χ1) is 12.2. The van der Waals surface area contributed by atoms with Crippen molar-refractivity contribution in [2.24, 2.45) is 0 Å². The number of ketones is 1. The Kier molecular flexibility index (Phi) is 4.94. The molecule has 0 spiro atoms. The number of carbonyl (C=O) groups excluding carboxylic acids is 1. The van der Waals surface area contributed by atoms with Crippen LogP contribution in [0.3, 0.4) is 0 Å². The topological polar surface area (TPSA) is 74.1 Å². The summed E-state index contributed by atoms with van der Waals surface area (Å²) in [7, 11) is 0. The van der Waals surface area contributed by atoms with E-state index in [4.69, 9.17) is 8.83 Å². The van der Waals surface area contributed by atoms with Gasteiger partial charge in [-0.15, -0.1) is 10.2 Å². The molecule has 0 aliphatic carbocycles. The van der Waals surface area contributed by atoms with Crippen LogP contribution in [0.25, 0.3) is 11.7 Å². The zero-order valence-electron chi connectivity index (χ0n) is 13.8. The van der Waals surface area contributed by atoms with Crippen molar-refractivity contribution in [3.63, 3.8) is 0 Å². The van der Waals surface area contributed by atoms with Crippen LogP contribution in [0.5, 0.6) is 0 Å². The summed E-state index contributed by atoms with van der Waals surface area (Å²) in [6, 6.07) is 4.79. The second-order valence-electron chi connectivity index (χ2n) is 5.55. The zero-order valence-corrected chi connectivity index (χ0v) is 14.6. The van der Waals surface area contributed by atoms with Gasteiger partial charge in [0.05, 0.1) is 12.0 Å². The molecular weight excluding hydrogens is 371 g/mol. The van der Waals surface area contributed by atoms with E-state index in [0.717, 1.165) is 16.3 Å². The van der Waals surface area contributed by atoms with Gasteiger partial charge in [0, 0.05) is 17.0 Å². The number of nitrogens with zero attached hydrogens (tertiary/aromatic N) is 3. The molecule has 0 saturated carbocycles. The lowest BCUT2D eigenvalue weighted by Crippen LogP contribution is -2.19. The zero-order chi connectivity index (χ0) is 18.9. The molecule has 10 heteroatoms. The summed E-state index contributed by atoms with van der Waals surface area (Å²) in [6.07, 6.45) is -2.89. The molecule has 0 aliphatic rings. The predicted molar refractivity (Wildman–Crippen MR) is 87.0 cm³/mol. The third-order valence-corrected chi connectivity index (χ3v) is 4.50. The molecule has 0 fully saturated rings. The van der Waals surface area contributed by atoms with Crippen molar-refractivity contribution in [2.45, 2.75) is 31.8 Å². The SMILES string of the molecule is Cc1cc(C(=O)CSc2nnc(-c3ccco3)o2)c(C)n1CC(F)(F)F. The van der Waals surface area contributed by atoms with E-state index < -0.39 is 12.7 Å². The molecule has 3 aromatic heterocycles. The minimum absolute atomic E-state index is 0.0316. The van der Waals surface area contributed by atoms with Gasteiger partial charge >= 0.3 is 6.18 Å². The molecule has 0 aromatic carbocycles. The largest absolute Gasteiger partial charge is 0.459 e. The first-order valence-corrected chi connectivity index (χ1v) is 8.50. The molecule has 3 heterocycles. The van der Waals surface area contributed by atoms with E-state index >= 15 is 0 Å². The van der Waals surface area contributed by atoms with Crippen molar-refractivity contribution in [1.82, 2.24) is 14.8 Å². The summed E-state index contributed by atoms with van der Waals surface area (Å²) in [6.45, 7) is 1.91. The van der Waals surface area contributed by atoms with Gasteiger partial charge in [-0.05, 0) is 32.0 Å². The predicted octanol–water partition coefficient (Wildman–Crippen LogP) is 4.29. The molecular formula is C16H14F3N3O3S. The average Bonchev–Trinajstić information content (AvgIpc) is 3.28. The molecule has 0 aliphatic heterocycles. The lowest BCUT2D eigenvalue weighted by atomic mass is 10.2. The highest BCUT2D eigenvalue weighted by Crippen LogP contribution is 2.26. The number of rotatable bonds is 6. The van der Waals surface area contributed by atoms with Gasteiger partial charge in [-0.1, -0.05) is 11.8 Å². The fourth-order valence-corrected chi connectivity index (χ4v) is 3.13. The Bertz CT molecular complexity index is 913. The van der Waals surface area contributed by atoms with E-state index in [1.54, 1.807) is 12.1 Å². The van der Waals surface area contributed by atoms with Crippen molar-refractivity contribution in [2.75, 3.05) is 5.75 Å². The van der Waals surface area contributed by atoms with Gasteiger partial charge in [-0.2, -0.15) is 13.2 Å². The number of halogens is 3. The Hall–Kier alpha value is -2.49. The minimum atomic E-state index is -4.35. The summed E-state index contributed by atoms with van der Waals surface area (Å²) >= 11 is 1.02. The fraction of sp³-hybridized carbons (Fsp3) is 0.312. The van der Waals surface area contributed by atoms with Crippen LogP contribution in [0.15, 0.2) is 38.5 Å². The average molecular weight is 385 g/mol. The number of thioether (sulfide) groups is 1. The van der Waals surface area contributed by atoms with Crippen LogP contribution in [-0.4, -0.2) is 32.5 Å². The van der Waals surface area contributed by atoms with E-state index in [9.17, 15) is 18.0 Å². The Balaban J connectivity index is 1.68. The molecule has 0 atom stereocenters. The first-order valence-electron chi connectivity index (χ1n) is 7.51. The third kappa shape index (κ3) is 4.01. The minimum Gasteiger partial charge on any atom is -0.459 e. The Morgan fingerprint density at radius 2 is 2.08 bits per heavy atom. The van der Waals surface area contributed by atoms with E-state index in [1.807, 2.05) is 0 Å². The molecule has 3 rings (SSSR count). The summed E-state index contributed by atoms with van der Waals surface area (Å²) in [4.78, 5) is 12.4. The number of furan rings is 1. The summed E-state index contributed by atoms with van der Waals surface area (Å²) in [5.41, 5.74) is 0.920. The lowest BCUT2D eigenvalue weighted by molar-refractivity contribution is -0.141. The maximum absolute atomic E-state index is 12.7. The van der Waals surface area contributed by atoms with Crippen LogP contribution in [0.2, 0.25) is 0 Å². The van der Waals surface area contributed by atoms with E-state index in [0.29, 0.717) is 11.5 Å². The molecule has 0 radical (unpaired) electrons. The highest BCUT2D eigenvalue weighted by Gasteiger charge is 2.30. The number of hydrogen-bond donors (Lipinski definition) is 0. The number of aryl methyl sites for hydroxylation is 1. The molecule has 0 saturated heterocycles. The molecule has 138 valence electrons. The van der Waals surface area contributed by atoms with Crippen LogP contribution >= 0.6 is 11.8 Å². The molecule has 0 amide bonds. The highest BCUT2D eigenvalue weighted by atomic mass is 32.2. The monoisotopic (exact) mass is 385 g/mol. The second kappa shape index (κ2) is 7.02. The molecule has 0 N–H and O–H groups in total. The van der Waals surface area contributed by atoms with Gasteiger partial charge in [0.15, 0.2) is 11.5 Å². The highest BCUT2D eigenvalue weighted by molar-refractivity contribution is 7.99. The van der Waals surface area contributed by atoms with Gasteiger partial charge in [0.1, 0.15) is 6.54 Å². The van der Waals surface area contributed by atoms with Crippen LogP contribution in [0, 0.1) is 13.8 Å². The lowest BCUT2D eigenvalue weighted by Gasteiger charge is -2.12. The molecule has 26 heavy (non-hydrogen) atoms. The molecule has 0 bridgehead atoms. The van der Waals surface area contributed by atoms with Gasteiger partial charge in [0.2, 0.25) is 0 Å². The molecule has 6 nitrogen and oxygen atoms in total. The normalized spacial score (nSPS) is 11.9. The molecule has 0 unspecified atom stereocenters. The summed E-state index contributed by atoms with van der Waals surface area (Å²) < 4.78 is 49.6.